The van der Waals surface area contributed by atoms with Gasteiger partial charge in [-0.15, -0.1) is 0 Å². The van der Waals surface area contributed by atoms with E-state index < -0.39 is 5.97 Å². The van der Waals surface area contributed by atoms with E-state index in [2.05, 4.69) is 5.32 Å². The van der Waals surface area contributed by atoms with Crippen molar-refractivity contribution in [3.8, 4) is 11.5 Å². The van der Waals surface area contributed by atoms with Gasteiger partial charge in [-0.2, -0.15) is 0 Å². The average molecular weight is 385 g/mol. The molecule has 0 saturated carbocycles. The minimum atomic E-state index is -0.570. The van der Waals surface area contributed by atoms with Crippen molar-refractivity contribution in [1.82, 2.24) is 5.32 Å². The van der Waals surface area contributed by atoms with Gasteiger partial charge in [0.15, 0.2) is 12.4 Å². The summed E-state index contributed by atoms with van der Waals surface area (Å²) >= 11 is 0. The van der Waals surface area contributed by atoms with Gasteiger partial charge in [0.1, 0.15) is 11.5 Å². The van der Waals surface area contributed by atoms with Crippen LogP contribution in [-0.4, -0.2) is 44.5 Å². The first-order chi connectivity index (χ1) is 13.5. The van der Waals surface area contributed by atoms with E-state index in [1.165, 1.54) is 7.11 Å². The van der Waals surface area contributed by atoms with Gasteiger partial charge in [0, 0.05) is 12.1 Å². The number of para-hydroxylation sites is 1. The second-order valence-electron chi connectivity index (χ2n) is 5.75. The molecule has 0 radical (unpaired) electrons. The SMILES string of the molecule is CCOc1ccc(C(=O)COC(=O)CCNC(=O)c2ccccc2OC)cc1. The van der Waals surface area contributed by atoms with Crippen molar-refractivity contribution in [3.05, 3.63) is 59.7 Å². The number of carbonyl (C=O) groups is 3. The number of esters is 1. The number of ether oxygens (including phenoxy) is 3. The van der Waals surface area contributed by atoms with Crippen LogP contribution in [0.5, 0.6) is 11.5 Å². The Labute approximate surface area is 163 Å². The summed E-state index contributed by atoms with van der Waals surface area (Å²) in [7, 11) is 1.48. The molecule has 0 atom stereocenters. The van der Waals surface area contributed by atoms with Crippen LogP contribution >= 0.6 is 0 Å². The summed E-state index contributed by atoms with van der Waals surface area (Å²) in [6.45, 7) is 2.15. The van der Waals surface area contributed by atoms with Crippen LogP contribution in [0.4, 0.5) is 0 Å². The molecule has 7 nitrogen and oxygen atoms in total. The van der Waals surface area contributed by atoms with Gasteiger partial charge in [0.2, 0.25) is 0 Å². The van der Waals surface area contributed by atoms with Crippen molar-refractivity contribution >= 4 is 17.7 Å². The molecule has 0 fully saturated rings. The highest BCUT2D eigenvalue weighted by Crippen LogP contribution is 2.16. The molecule has 1 amide bonds. The van der Waals surface area contributed by atoms with Crippen LogP contribution in [0.1, 0.15) is 34.1 Å². The third-order valence-electron chi connectivity index (χ3n) is 3.82. The van der Waals surface area contributed by atoms with E-state index in [-0.39, 0.29) is 31.3 Å². The Hall–Kier alpha value is -3.35. The number of amides is 1. The van der Waals surface area contributed by atoms with Crippen molar-refractivity contribution in [2.45, 2.75) is 13.3 Å². The van der Waals surface area contributed by atoms with E-state index >= 15 is 0 Å². The Kier molecular flexibility index (Phi) is 8.02. The number of hydrogen-bond acceptors (Lipinski definition) is 6. The van der Waals surface area contributed by atoms with Crippen LogP contribution in [0.25, 0.3) is 0 Å². The monoisotopic (exact) mass is 385 g/mol. The van der Waals surface area contributed by atoms with Gasteiger partial charge in [-0.25, -0.2) is 0 Å². The molecule has 0 saturated heterocycles. The lowest BCUT2D eigenvalue weighted by Crippen LogP contribution is -2.27. The zero-order valence-electron chi connectivity index (χ0n) is 15.9. The van der Waals surface area contributed by atoms with Crippen LogP contribution in [0.3, 0.4) is 0 Å². The van der Waals surface area contributed by atoms with Crippen LogP contribution in [0.2, 0.25) is 0 Å². The lowest BCUT2D eigenvalue weighted by atomic mass is 10.1. The molecule has 0 aliphatic carbocycles. The Bertz CT molecular complexity index is 816. The number of rotatable bonds is 10. The predicted octanol–water partition coefficient (Wildman–Crippen LogP) is 2.64. The van der Waals surface area contributed by atoms with Crippen molar-refractivity contribution in [1.29, 1.82) is 0 Å². The quantitative estimate of drug-likeness (QED) is 0.499. The third-order valence-corrected chi connectivity index (χ3v) is 3.82. The summed E-state index contributed by atoms with van der Waals surface area (Å²) in [5.41, 5.74) is 0.810. The Balaban J connectivity index is 1.73. The molecular weight excluding hydrogens is 362 g/mol. The van der Waals surface area contributed by atoms with Gasteiger partial charge in [0.05, 0.1) is 25.7 Å². The molecule has 0 aliphatic heterocycles. The minimum Gasteiger partial charge on any atom is -0.496 e. The number of Topliss-reactive ketones (excluding diaryl/α,β-unsaturated/α-hetero) is 1. The van der Waals surface area contributed by atoms with Gasteiger partial charge in [-0.1, -0.05) is 12.1 Å². The Morgan fingerprint density at radius 2 is 1.71 bits per heavy atom. The highest BCUT2D eigenvalue weighted by molar-refractivity contribution is 5.98. The summed E-state index contributed by atoms with van der Waals surface area (Å²) in [5.74, 6) is -0.116. The number of nitrogens with one attached hydrogen (secondary N) is 1. The highest BCUT2D eigenvalue weighted by atomic mass is 16.5. The Morgan fingerprint density at radius 1 is 1.00 bits per heavy atom. The molecule has 0 bridgehead atoms. The maximum absolute atomic E-state index is 12.1. The fourth-order valence-corrected chi connectivity index (χ4v) is 2.41. The number of ketones is 1. The number of carbonyl (C=O) groups excluding carboxylic acids is 3. The standard InChI is InChI=1S/C21H23NO6/c1-3-27-16-10-8-15(9-11-16)18(23)14-28-20(24)12-13-22-21(25)17-6-4-5-7-19(17)26-2/h4-11H,3,12-14H2,1-2H3,(H,22,25). The summed E-state index contributed by atoms with van der Waals surface area (Å²) in [4.78, 5) is 36.0. The summed E-state index contributed by atoms with van der Waals surface area (Å²) in [5, 5.41) is 2.62. The van der Waals surface area contributed by atoms with Gasteiger partial charge in [-0.05, 0) is 43.3 Å². The second-order valence-corrected chi connectivity index (χ2v) is 5.75. The summed E-state index contributed by atoms with van der Waals surface area (Å²) in [6.07, 6.45) is -0.0442. The molecule has 0 spiro atoms. The van der Waals surface area contributed by atoms with Crippen LogP contribution in [0.15, 0.2) is 48.5 Å². The number of benzene rings is 2. The molecule has 28 heavy (non-hydrogen) atoms. The normalized spacial score (nSPS) is 10.1. The van der Waals surface area contributed by atoms with Crippen LogP contribution in [-0.2, 0) is 9.53 Å². The van der Waals surface area contributed by atoms with Gasteiger partial charge >= 0.3 is 5.97 Å². The van der Waals surface area contributed by atoms with E-state index in [1.54, 1.807) is 48.5 Å². The molecule has 2 aromatic carbocycles. The molecule has 0 aliphatic rings. The predicted molar refractivity (Wildman–Crippen MR) is 103 cm³/mol. The fraction of sp³-hybridized carbons (Fsp3) is 0.286. The van der Waals surface area contributed by atoms with Crippen molar-refractivity contribution in [2.24, 2.45) is 0 Å². The molecule has 148 valence electrons. The van der Waals surface area contributed by atoms with E-state index in [9.17, 15) is 14.4 Å². The van der Waals surface area contributed by atoms with E-state index in [1.807, 2.05) is 6.92 Å². The molecule has 7 heteroatoms. The first-order valence-corrected chi connectivity index (χ1v) is 8.88. The Morgan fingerprint density at radius 3 is 2.39 bits per heavy atom. The van der Waals surface area contributed by atoms with Crippen LogP contribution < -0.4 is 14.8 Å². The van der Waals surface area contributed by atoms with Gasteiger partial charge in [0.25, 0.3) is 5.91 Å². The average Bonchev–Trinajstić information content (AvgIpc) is 2.72. The second kappa shape index (κ2) is 10.7. The van der Waals surface area contributed by atoms with E-state index in [0.717, 1.165) is 0 Å². The first kappa shape index (κ1) is 21.0. The zero-order chi connectivity index (χ0) is 20.4. The molecule has 0 unspecified atom stereocenters. The highest BCUT2D eigenvalue weighted by Gasteiger charge is 2.13. The maximum atomic E-state index is 12.1. The largest absolute Gasteiger partial charge is 0.496 e. The molecule has 2 rings (SSSR count). The van der Waals surface area contributed by atoms with Crippen molar-refractivity contribution < 1.29 is 28.6 Å². The molecular formula is C21H23NO6. The lowest BCUT2D eigenvalue weighted by Gasteiger charge is -2.09. The lowest BCUT2D eigenvalue weighted by molar-refractivity contribution is -0.142. The van der Waals surface area contributed by atoms with Gasteiger partial charge in [-0.3, -0.25) is 14.4 Å². The van der Waals surface area contributed by atoms with E-state index in [4.69, 9.17) is 14.2 Å². The van der Waals surface area contributed by atoms with Crippen molar-refractivity contribution in [3.63, 3.8) is 0 Å². The zero-order valence-corrected chi connectivity index (χ0v) is 15.9. The van der Waals surface area contributed by atoms with Gasteiger partial charge < -0.3 is 19.5 Å². The minimum absolute atomic E-state index is 0.0442. The summed E-state index contributed by atoms with van der Waals surface area (Å²) < 4.78 is 15.4. The molecule has 1 N–H and O–H groups in total. The first-order valence-electron chi connectivity index (χ1n) is 8.88. The topological polar surface area (TPSA) is 90.9 Å². The molecule has 0 aromatic heterocycles. The summed E-state index contributed by atoms with van der Waals surface area (Å²) in [6, 6.07) is 13.4. The van der Waals surface area contributed by atoms with E-state index in [0.29, 0.717) is 29.2 Å². The van der Waals surface area contributed by atoms with Crippen molar-refractivity contribution in [2.75, 3.05) is 26.9 Å². The molecule has 0 heterocycles. The molecule has 2 aromatic rings. The number of methoxy groups -OCH3 is 1. The van der Waals surface area contributed by atoms with Crippen LogP contribution in [0, 0.1) is 0 Å². The maximum Gasteiger partial charge on any atom is 0.308 e. The third kappa shape index (κ3) is 6.12. The smallest absolute Gasteiger partial charge is 0.308 e. The fourth-order valence-electron chi connectivity index (χ4n) is 2.41. The number of hydrogen-bond donors (Lipinski definition) is 1.